The topological polar surface area (TPSA) is 50.4 Å². The number of benzene rings is 1. The maximum absolute atomic E-state index is 5.83. The first-order valence-corrected chi connectivity index (χ1v) is 6.90. The number of nitrogens with two attached hydrogens (primary N) is 1. The van der Waals surface area contributed by atoms with Crippen LogP contribution in [0.25, 0.3) is 0 Å². The summed E-state index contributed by atoms with van der Waals surface area (Å²) < 4.78 is 0. The molecule has 1 aliphatic rings. The van der Waals surface area contributed by atoms with Gasteiger partial charge in [-0.2, -0.15) is 0 Å². The predicted molar refractivity (Wildman–Crippen MR) is 77.0 cm³/mol. The van der Waals surface area contributed by atoms with Gasteiger partial charge in [0.25, 0.3) is 0 Å². The van der Waals surface area contributed by atoms with Crippen LogP contribution >= 0.6 is 11.6 Å². The molecule has 0 amide bonds. The minimum atomic E-state index is 0.566. The summed E-state index contributed by atoms with van der Waals surface area (Å²) in [7, 11) is 0. The lowest BCUT2D eigenvalue weighted by Crippen LogP contribution is -2.34. The summed E-state index contributed by atoms with van der Waals surface area (Å²) in [5, 5.41) is 3.92. The summed E-state index contributed by atoms with van der Waals surface area (Å²) in [6.45, 7) is 1.68. The van der Waals surface area contributed by atoms with Crippen LogP contribution in [0.2, 0.25) is 5.02 Å². The van der Waals surface area contributed by atoms with Crippen molar-refractivity contribution in [2.75, 3.05) is 13.1 Å². The van der Waals surface area contributed by atoms with Crippen LogP contribution < -0.4 is 11.1 Å². The van der Waals surface area contributed by atoms with Gasteiger partial charge >= 0.3 is 0 Å². The highest BCUT2D eigenvalue weighted by Crippen LogP contribution is 2.26. The molecule has 0 bridgehead atoms. The van der Waals surface area contributed by atoms with Crippen molar-refractivity contribution < 1.29 is 0 Å². The fourth-order valence-corrected chi connectivity index (χ4v) is 2.07. The fraction of sp³-hybridized carbons (Fsp3) is 0.500. The number of rotatable bonds is 5. The van der Waals surface area contributed by atoms with E-state index in [9.17, 15) is 0 Å². The summed E-state index contributed by atoms with van der Waals surface area (Å²) in [6.07, 6.45) is 4.89. The van der Waals surface area contributed by atoms with Gasteiger partial charge in [-0.3, -0.25) is 4.99 Å². The molecule has 0 aromatic heterocycles. The standard InChI is InChI=1S/C14H20ClN3/c15-13-6-4-11(5-7-13)8-9-17-14(16)18-10-12-2-1-3-12/h4-7,12H,1-3,8-10H2,(H3,16,17,18). The van der Waals surface area contributed by atoms with E-state index >= 15 is 0 Å². The number of hydrogen-bond acceptors (Lipinski definition) is 1. The highest BCUT2D eigenvalue weighted by atomic mass is 35.5. The first kappa shape index (κ1) is 13.2. The number of nitrogens with one attached hydrogen (secondary N) is 1. The van der Waals surface area contributed by atoms with Crippen LogP contribution in [0.3, 0.4) is 0 Å². The Bertz CT molecular complexity index is 396. The molecule has 4 heteroatoms. The number of nitrogens with zero attached hydrogens (tertiary/aromatic N) is 1. The number of hydrogen-bond donors (Lipinski definition) is 2. The smallest absolute Gasteiger partial charge is 0.188 e. The highest BCUT2D eigenvalue weighted by Gasteiger charge is 2.16. The highest BCUT2D eigenvalue weighted by molar-refractivity contribution is 6.30. The zero-order valence-electron chi connectivity index (χ0n) is 10.5. The van der Waals surface area contributed by atoms with E-state index in [2.05, 4.69) is 10.3 Å². The molecule has 2 rings (SSSR count). The number of halogens is 1. The minimum Gasteiger partial charge on any atom is -0.370 e. The zero-order chi connectivity index (χ0) is 12.8. The monoisotopic (exact) mass is 265 g/mol. The van der Waals surface area contributed by atoms with E-state index < -0.39 is 0 Å². The van der Waals surface area contributed by atoms with E-state index in [0.29, 0.717) is 5.96 Å². The third kappa shape index (κ3) is 4.22. The van der Waals surface area contributed by atoms with Gasteiger partial charge < -0.3 is 11.1 Å². The Morgan fingerprint density at radius 3 is 2.67 bits per heavy atom. The van der Waals surface area contributed by atoms with Crippen molar-refractivity contribution in [1.29, 1.82) is 0 Å². The van der Waals surface area contributed by atoms with E-state index in [0.717, 1.165) is 30.5 Å². The maximum Gasteiger partial charge on any atom is 0.188 e. The third-order valence-corrected chi connectivity index (χ3v) is 3.63. The molecule has 1 aliphatic carbocycles. The molecule has 1 saturated carbocycles. The molecule has 1 aromatic rings. The molecular formula is C14H20ClN3. The Kier molecular flexibility index (Phi) is 4.88. The largest absolute Gasteiger partial charge is 0.370 e. The molecule has 3 nitrogen and oxygen atoms in total. The Morgan fingerprint density at radius 2 is 2.06 bits per heavy atom. The van der Waals surface area contributed by atoms with Crippen LogP contribution in [0.5, 0.6) is 0 Å². The van der Waals surface area contributed by atoms with Crippen LogP contribution in [0, 0.1) is 5.92 Å². The van der Waals surface area contributed by atoms with Gasteiger partial charge in [0.05, 0.1) is 0 Å². The second-order valence-electron chi connectivity index (χ2n) is 4.83. The second kappa shape index (κ2) is 6.64. The lowest BCUT2D eigenvalue weighted by Gasteiger charge is -2.23. The van der Waals surface area contributed by atoms with Crippen LogP contribution in [-0.4, -0.2) is 19.0 Å². The zero-order valence-corrected chi connectivity index (χ0v) is 11.3. The average molecular weight is 266 g/mol. The predicted octanol–water partition coefficient (Wildman–Crippen LogP) is 2.59. The molecule has 0 spiro atoms. The van der Waals surface area contributed by atoms with Crippen LogP contribution in [0.15, 0.2) is 29.3 Å². The Balaban J connectivity index is 1.66. The Morgan fingerprint density at radius 1 is 1.33 bits per heavy atom. The molecule has 0 atom stereocenters. The van der Waals surface area contributed by atoms with Gasteiger partial charge in [0, 0.05) is 18.1 Å². The van der Waals surface area contributed by atoms with Gasteiger partial charge in [-0.05, 0) is 42.9 Å². The van der Waals surface area contributed by atoms with Gasteiger partial charge in [0.1, 0.15) is 0 Å². The Labute approximate surface area is 113 Å². The molecule has 0 saturated heterocycles. The van der Waals surface area contributed by atoms with Gasteiger partial charge in [-0.25, -0.2) is 0 Å². The SMILES string of the molecule is NC(=NCC1CCC1)NCCc1ccc(Cl)cc1. The summed E-state index contributed by atoms with van der Waals surface area (Å²) in [4.78, 5) is 4.35. The maximum atomic E-state index is 5.83. The minimum absolute atomic E-state index is 0.566. The van der Waals surface area contributed by atoms with Crippen LogP contribution in [-0.2, 0) is 6.42 Å². The van der Waals surface area contributed by atoms with Crippen molar-refractivity contribution in [3.05, 3.63) is 34.9 Å². The first-order chi connectivity index (χ1) is 8.74. The molecule has 98 valence electrons. The molecule has 1 fully saturated rings. The van der Waals surface area contributed by atoms with E-state index in [1.807, 2.05) is 24.3 Å². The third-order valence-electron chi connectivity index (χ3n) is 3.38. The van der Waals surface area contributed by atoms with Crippen molar-refractivity contribution in [2.45, 2.75) is 25.7 Å². The lowest BCUT2D eigenvalue weighted by molar-refractivity contribution is 0.326. The lowest BCUT2D eigenvalue weighted by atomic mass is 9.86. The van der Waals surface area contributed by atoms with E-state index in [-0.39, 0.29) is 0 Å². The molecule has 1 aromatic carbocycles. The first-order valence-electron chi connectivity index (χ1n) is 6.52. The summed E-state index contributed by atoms with van der Waals surface area (Å²) in [6, 6.07) is 7.88. The quantitative estimate of drug-likeness (QED) is 0.635. The second-order valence-corrected chi connectivity index (χ2v) is 5.26. The molecule has 18 heavy (non-hydrogen) atoms. The van der Waals surface area contributed by atoms with E-state index in [4.69, 9.17) is 17.3 Å². The molecule has 3 N–H and O–H groups in total. The van der Waals surface area contributed by atoms with Crippen molar-refractivity contribution >= 4 is 17.6 Å². The van der Waals surface area contributed by atoms with Gasteiger partial charge in [0.15, 0.2) is 5.96 Å². The summed E-state index contributed by atoms with van der Waals surface area (Å²) in [5.74, 6) is 1.33. The fourth-order valence-electron chi connectivity index (χ4n) is 1.94. The van der Waals surface area contributed by atoms with E-state index in [1.54, 1.807) is 0 Å². The summed E-state index contributed by atoms with van der Waals surface area (Å²) >= 11 is 5.83. The normalized spacial score (nSPS) is 16.4. The number of aliphatic imine (C=N–C) groups is 1. The van der Waals surface area contributed by atoms with E-state index in [1.165, 1.54) is 24.8 Å². The molecule has 0 radical (unpaired) electrons. The summed E-state index contributed by atoms with van der Waals surface area (Å²) in [5.41, 5.74) is 7.06. The average Bonchev–Trinajstić information content (AvgIpc) is 2.30. The van der Waals surface area contributed by atoms with Crippen LogP contribution in [0.4, 0.5) is 0 Å². The Hall–Kier alpha value is -1.22. The van der Waals surface area contributed by atoms with Crippen LogP contribution in [0.1, 0.15) is 24.8 Å². The van der Waals surface area contributed by atoms with Gasteiger partial charge in [-0.15, -0.1) is 0 Å². The van der Waals surface area contributed by atoms with Crippen molar-refractivity contribution in [1.82, 2.24) is 5.32 Å². The number of guanidine groups is 1. The van der Waals surface area contributed by atoms with Crippen molar-refractivity contribution in [3.63, 3.8) is 0 Å². The molecule has 0 aliphatic heterocycles. The molecule has 0 unspecified atom stereocenters. The van der Waals surface area contributed by atoms with Crippen molar-refractivity contribution in [2.24, 2.45) is 16.6 Å². The van der Waals surface area contributed by atoms with Crippen molar-refractivity contribution in [3.8, 4) is 0 Å². The van der Waals surface area contributed by atoms with Gasteiger partial charge in [0.2, 0.25) is 0 Å². The molecule has 0 heterocycles. The van der Waals surface area contributed by atoms with Gasteiger partial charge in [-0.1, -0.05) is 30.2 Å². The molecular weight excluding hydrogens is 246 g/mol.